The predicted molar refractivity (Wildman–Crippen MR) is 90.2 cm³/mol. The van der Waals surface area contributed by atoms with Crippen LogP contribution in [0.4, 0.5) is 5.69 Å². The van der Waals surface area contributed by atoms with E-state index in [0.29, 0.717) is 6.54 Å². The van der Waals surface area contributed by atoms with Crippen LogP contribution in [0.5, 0.6) is 0 Å². The van der Waals surface area contributed by atoms with Gasteiger partial charge in [0.05, 0.1) is 25.8 Å². The van der Waals surface area contributed by atoms with Crippen LogP contribution < -0.4 is 5.32 Å². The lowest BCUT2D eigenvalue weighted by molar-refractivity contribution is -0.136. The summed E-state index contributed by atoms with van der Waals surface area (Å²) in [6, 6.07) is 7.62. The van der Waals surface area contributed by atoms with Crippen molar-refractivity contribution in [2.24, 2.45) is 0 Å². The van der Waals surface area contributed by atoms with Gasteiger partial charge in [-0.25, -0.2) is 4.79 Å². The lowest BCUT2D eigenvalue weighted by Crippen LogP contribution is -2.31. The lowest BCUT2D eigenvalue weighted by Gasteiger charge is -2.17. The van der Waals surface area contributed by atoms with Gasteiger partial charge in [0, 0.05) is 18.8 Å². The van der Waals surface area contributed by atoms with Crippen LogP contribution >= 0.6 is 0 Å². The number of ether oxygens (including phenoxy) is 1. The van der Waals surface area contributed by atoms with Crippen molar-refractivity contribution < 1.29 is 19.4 Å². The molecule has 0 aliphatic carbocycles. The van der Waals surface area contributed by atoms with E-state index in [-0.39, 0.29) is 36.9 Å². The summed E-state index contributed by atoms with van der Waals surface area (Å²) in [5.74, 6) is -0.861. The van der Waals surface area contributed by atoms with E-state index in [2.05, 4.69) is 5.32 Å². The summed E-state index contributed by atoms with van der Waals surface area (Å²) < 4.78 is 4.79. The summed E-state index contributed by atoms with van der Waals surface area (Å²) in [6.45, 7) is 0.831. The normalized spacial score (nSPS) is 14.5. The second-order valence-electron chi connectivity index (χ2n) is 5.82. The molecule has 1 aromatic rings. The van der Waals surface area contributed by atoms with Gasteiger partial charge in [-0.05, 0) is 25.7 Å². The minimum absolute atomic E-state index is 0.129. The topological polar surface area (TPSA) is 82.1 Å². The number of nitrogens with one attached hydrogen (secondary N) is 1. The zero-order chi connectivity index (χ0) is 17.7. The smallest absolute Gasteiger partial charge is 0.337 e. The number of carbonyl (C=O) groups excluding carboxylic acids is 2. The lowest BCUT2D eigenvalue weighted by atomic mass is 10.1. The fraction of sp³-hybridized carbons (Fsp3) is 0.412. The van der Waals surface area contributed by atoms with Crippen LogP contribution in [0.15, 0.2) is 35.5 Å². The Labute approximate surface area is 141 Å². The molecule has 130 valence electrons. The van der Waals surface area contributed by atoms with Gasteiger partial charge in [0.15, 0.2) is 0 Å². The second-order valence-corrected chi connectivity index (χ2v) is 5.82. The van der Waals surface area contributed by atoms with E-state index < -0.39 is 5.97 Å². The highest BCUT2D eigenvalue weighted by Gasteiger charge is 2.34. The molecule has 0 radical (unpaired) electrons. The third-order valence-electron chi connectivity index (χ3n) is 3.72. The number of amides is 1. The fourth-order valence-electron chi connectivity index (χ4n) is 2.60. The molecule has 1 amide bonds. The fourth-order valence-corrected chi connectivity index (χ4v) is 2.60. The molecule has 1 aliphatic rings. The van der Waals surface area contributed by atoms with Crippen molar-refractivity contribution in [2.45, 2.75) is 6.54 Å². The summed E-state index contributed by atoms with van der Waals surface area (Å²) in [4.78, 5) is 28.0. The molecule has 7 heteroatoms. The van der Waals surface area contributed by atoms with E-state index in [9.17, 15) is 9.59 Å². The molecule has 0 aromatic heterocycles. The first kappa shape index (κ1) is 18.0. The van der Waals surface area contributed by atoms with Crippen molar-refractivity contribution in [3.8, 4) is 0 Å². The molecule has 7 nitrogen and oxygen atoms in total. The van der Waals surface area contributed by atoms with E-state index in [4.69, 9.17) is 9.84 Å². The van der Waals surface area contributed by atoms with Crippen LogP contribution in [-0.2, 0) is 20.9 Å². The first-order chi connectivity index (χ1) is 11.5. The number of β-amino-alcohol motifs (C(OH)–C–C–N with tert-alkyl or cyclic N) is 1. The molecule has 2 rings (SSSR count). The van der Waals surface area contributed by atoms with Crippen LogP contribution in [0, 0.1) is 0 Å². The summed E-state index contributed by atoms with van der Waals surface area (Å²) in [7, 11) is 5.20. The average molecular weight is 333 g/mol. The number of rotatable bonds is 7. The molecule has 0 saturated heterocycles. The van der Waals surface area contributed by atoms with Gasteiger partial charge in [0.2, 0.25) is 0 Å². The van der Waals surface area contributed by atoms with E-state index in [0.717, 1.165) is 11.3 Å². The Morgan fingerprint density at radius 2 is 2.08 bits per heavy atom. The maximum absolute atomic E-state index is 12.5. The number of hydrogen-bond acceptors (Lipinski definition) is 6. The number of aliphatic hydroxyl groups excluding tert-OH is 1. The van der Waals surface area contributed by atoms with Crippen LogP contribution in [-0.4, -0.2) is 67.7 Å². The van der Waals surface area contributed by atoms with Crippen molar-refractivity contribution in [3.63, 3.8) is 0 Å². The first-order valence-corrected chi connectivity index (χ1v) is 7.69. The van der Waals surface area contributed by atoms with Gasteiger partial charge in [0.25, 0.3) is 5.91 Å². The molecule has 24 heavy (non-hydrogen) atoms. The van der Waals surface area contributed by atoms with E-state index in [1.807, 2.05) is 43.3 Å². The highest BCUT2D eigenvalue weighted by atomic mass is 16.5. The van der Waals surface area contributed by atoms with Crippen LogP contribution in [0.1, 0.15) is 5.56 Å². The number of nitrogens with zero attached hydrogens (tertiary/aromatic N) is 2. The van der Waals surface area contributed by atoms with Gasteiger partial charge in [0.1, 0.15) is 5.70 Å². The van der Waals surface area contributed by atoms with Gasteiger partial charge in [-0.15, -0.1) is 0 Å². The van der Waals surface area contributed by atoms with E-state index in [1.165, 1.54) is 12.0 Å². The van der Waals surface area contributed by atoms with Crippen molar-refractivity contribution >= 4 is 17.6 Å². The summed E-state index contributed by atoms with van der Waals surface area (Å²) in [6.07, 6.45) is 0. The number of anilines is 1. The average Bonchev–Trinajstić information content (AvgIpc) is 2.85. The first-order valence-electron chi connectivity index (χ1n) is 7.69. The zero-order valence-corrected chi connectivity index (χ0v) is 14.2. The van der Waals surface area contributed by atoms with E-state index >= 15 is 0 Å². The van der Waals surface area contributed by atoms with Crippen LogP contribution in [0.2, 0.25) is 0 Å². The Morgan fingerprint density at radius 1 is 1.38 bits per heavy atom. The van der Waals surface area contributed by atoms with Crippen molar-refractivity contribution in [1.29, 1.82) is 0 Å². The molecule has 2 N–H and O–H groups in total. The molecule has 1 heterocycles. The van der Waals surface area contributed by atoms with Crippen molar-refractivity contribution in [2.75, 3.05) is 46.2 Å². The molecule has 0 unspecified atom stereocenters. The quantitative estimate of drug-likeness (QED) is 0.704. The maximum Gasteiger partial charge on any atom is 0.337 e. The number of methoxy groups -OCH3 is 1. The van der Waals surface area contributed by atoms with Crippen molar-refractivity contribution in [1.82, 2.24) is 9.80 Å². The highest BCUT2D eigenvalue weighted by molar-refractivity contribution is 6.08. The number of hydrogen-bond donors (Lipinski definition) is 2. The predicted octanol–water partition coefficient (Wildman–Crippen LogP) is 0.422. The Hall–Kier alpha value is -2.38. The van der Waals surface area contributed by atoms with Gasteiger partial charge in [-0.3, -0.25) is 4.79 Å². The molecule has 0 bridgehead atoms. The monoisotopic (exact) mass is 333 g/mol. The summed E-state index contributed by atoms with van der Waals surface area (Å²) >= 11 is 0. The summed E-state index contributed by atoms with van der Waals surface area (Å²) in [5.41, 5.74) is 2.26. The number of para-hydroxylation sites is 1. The Morgan fingerprint density at radius 3 is 2.71 bits per heavy atom. The minimum atomic E-state index is -0.545. The van der Waals surface area contributed by atoms with E-state index in [1.54, 1.807) is 0 Å². The van der Waals surface area contributed by atoms with Gasteiger partial charge in [-0.2, -0.15) is 0 Å². The van der Waals surface area contributed by atoms with Crippen molar-refractivity contribution in [3.05, 3.63) is 41.1 Å². The van der Waals surface area contributed by atoms with Gasteiger partial charge in [-0.1, -0.05) is 18.2 Å². The minimum Gasteiger partial charge on any atom is -0.466 e. The summed E-state index contributed by atoms with van der Waals surface area (Å²) in [5, 5.41) is 12.2. The third-order valence-corrected chi connectivity index (χ3v) is 3.72. The maximum atomic E-state index is 12.5. The molecule has 0 saturated carbocycles. The SMILES string of the molecule is COC(=O)C1=C(Nc2ccccc2CN(C)C)C(=O)N(CCO)C1. The standard InChI is InChI=1S/C17H23N3O4/c1-19(2)10-12-6-4-5-7-14(12)18-15-13(17(23)24-3)11-20(8-9-21)16(15)22/h4-7,18,21H,8-11H2,1-3H3. The van der Waals surface area contributed by atoms with Crippen LogP contribution in [0.3, 0.4) is 0 Å². The number of benzene rings is 1. The second kappa shape index (κ2) is 7.94. The Balaban J connectivity index is 2.34. The molecular formula is C17H23N3O4. The molecule has 0 fully saturated rings. The molecule has 0 atom stereocenters. The molecule has 1 aliphatic heterocycles. The molecule has 0 spiro atoms. The third kappa shape index (κ3) is 3.93. The Bertz CT molecular complexity index is 655. The largest absolute Gasteiger partial charge is 0.466 e. The number of carbonyl (C=O) groups is 2. The number of aliphatic hydroxyl groups is 1. The molecular weight excluding hydrogens is 310 g/mol. The highest BCUT2D eigenvalue weighted by Crippen LogP contribution is 2.25. The number of esters is 1. The zero-order valence-electron chi connectivity index (χ0n) is 14.2. The van der Waals surface area contributed by atoms with Gasteiger partial charge >= 0.3 is 5.97 Å². The van der Waals surface area contributed by atoms with Crippen LogP contribution in [0.25, 0.3) is 0 Å². The molecule has 1 aromatic carbocycles. The Kier molecular flexibility index (Phi) is 5.94. The van der Waals surface area contributed by atoms with Gasteiger partial charge < -0.3 is 25.0 Å².